The molecule has 1 aromatic heterocycles. The van der Waals surface area contributed by atoms with Crippen LogP contribution in [-0.2, 0) is 0 Å². The fourth-order valence-corrected chi connectivity index (χ4v) is 1.99. The number of pyridine rings is 1. The topological polar surface area (TPSA) is 42.4 Å². The fourth-order valence-electron chi connectivity index (χ4n) is 1.99. The molecule has 1 N–H and O–H groups in total. The van der Waals surface area contributed by atoms with Gasteiger partial charge in [0.1, 0.15) is 17.2 Å². The van der Waals surface area contributed by atoms with E-state index in [0.717, 1.165) is 22.2 Å². The lowest BCUT2D eigenvalue weighted by molar-refractivity contribution is 0.450. The molecule has 0 amide bonds. The Morgan fingerprint density at radius 3 is 2.68 bits per heavy atom. The van der Waals surface area contributed by atoms with Gasteiger partial charge in [-0.25, -0.2) is 0 Å². The van der Waals surface area contributed by atoms with Crippen LogP contribution in [0, 0.1) is 6.92 Å². The first-order chi connectivity index (χ1) is 9.25. The molecule has 0 aliphatic heterocycles. The number of nitrogens with zero attached hydrogens (tertiary/aromatic N) is 1. The summed E-state index contributed by atoms with van der Waals surface area (Å²) in [4.78, 5) is 4.29. The highest BCUT2D eigenvalue weighted by atomic mass is 16.5. The average Bonchev–Trinajstić information content (AvgIpc) is 2.44. The average molecular weight is 251 g/mol. The van der Waals surface area contributed by atoms with Crippen LogP contribution in [-0.4, -0.2) is 10.1 Å². The third kappa shape index (κ3) is 2.10. The molecule has 3 nitrogen and oxygen atoms in total. The van der Waals surface area contributed by atoms with E-state index in [1.54, 1.807) is 18.3 Å². The molecule has 0 saturated heterocycles. The minimum Gasteiger partial charge on any atom is -0.508 e. The molecule has 0 saturated carbocycles. The maximum Gasteiger partial charge on any atom is 0.138 e. The molecular formula is C16H13NO2. The van der Waals surface area contributed by atoms with Crippen molar-refractivity contribution in [2.75, 3.05) is 0 Å². The molecule has 0 aliphatic rings. The maximum absolute atomic E-state index is 9.70. The third-order valence-electron chi connectivity index (χ3n) is 3.08. The third-order valence-corrected chi connectivity index (χ3v) is 3.08. The highest BCUT2D eigenvalue weighted by Gasteiger charge is 2.07. The van der Waals surface area contributed by atoms with Crippen LogP contribution in [0.5, 0.6) is 17.2 Å². The van der Waals surface area contributed by atoms with Crippen LogP contribution in [0.15, 0.2) is 54.7 Å². The van der Waals surface area contributed by atoms with Gasteiger partial charge in [0.15, 0.2) is 0 Å². The zero-order valence-corrected chi connectivity index (χ0v) is 10.5. The van der Waals surface area contributed by atoms with Crippen molar-refractivity contribution in [2.24, 2.45) is 0 Å². The van der Waals surface area contributed by atoms with Crippen LogP contribution in [0.2, 0.25) is 0 Å². The van der Waals surface area contributed by atoms with Crippen LogP contribution >= 0.6 is 0 Å². The molecule has 0 fully saturated rings. The smallest absolute Gasteiger partial charge is 0.138 e. The number of para-hydroxylation sites is 1. The molecule has 19 heavy (non-hydrogen) atoms. The summed E-state index contributed by atoms with van der Waals surface area (Å²) in [7, 11) is 0. The lowest BCUT2D eigenvalue weighted by Crippen LogP contribution is -1.90. The normalized spacial score (nSPS) is 10.6. The first-order valence-electron chi connectivity index (χ1n) is 6.06. The largest absolute Gasteiger partial charge is 0.508 e. The Hall–Kier alpha value is -2.55. The van der Waals surface area contributed by atoms with Gasteiger partial charge in [-0.3, -0.25) is 4.98 Å². The van der Waals surface area contributed by atoms with Crippen molar-refractivity contribution in [1.82, 2.24) is 4.98 Å². The zero-order chi connectivity index (χ0) is 13.2. The number of hydrogen-bond acceptors (Lipinski definition) is 3. The molecule has 0 aliphatic carbocycles. The van der Waals surface area contributed by atoms with Crippen LogP contribution in [0.25, 0.3) is 10.9 Å². The summed E-state index contributed by atoms with van der Waals surface area (Å²) in [6, 6.07) is 14.9. The molecule has 2 aromatic carbocycles. The molecule has 0 atom stereocenters. The summed E-state index contributed by atoms with van der Waals surface area (Å²) in [5.41, 5.74) is 1.61. The van der Waals surface area contributed by atoms with E-state index in [2.05, 4.69) is 4.98 Å². The molecule has 0 radical (unpaired) electrons. The highest BCUT2D eigenvalue weighted by molar-refractivity contribution is 5.85. The molecule has 0 unspecified atom stereocenters. The van der Waals surface area contributed by atoms with Gasteiger partial charge in [0.2, 0.25) is 0 Å². The Balaban J connectivity index is 2.09. The second-order valence-electron chi connectivity index (χ2n) is 4.33. The van der Waals surface area contributed by atoms with Crippen LogP contribution in [0.1, 0.15) is 5.56 Å². The Kier molecular flexibility index (Phi) is 2.80. The monoisotopic (exact) mass is 251 g/mol. The second-order valence-corrected chi connectivity index (χ2v) is 4.33. The molecule has 1 heterocycles. The second kappa shape index (κ2) is 4.61. The summed E-state index contributed by atoms with van der Waals surface area (Å²) in [5.74, 6) is 1.62. The quantitative estimate of drug-likeness (QED) is 0.747. The molecule has 3 aromatic rings. The standard InChI is InChI=1S/C16H13NO2/c1-11-14(18)7-4-8-15(11)19-16-9-10-17-13-6-3-2-5-12(13)16/h2-10,18H,1H3. The number of phenols is 1. The lowest BCUT2D eigenvalue weighted by atomic mass is 10.2. The van der Waals surface area contributed by atoms with Crippen molar-refractivity contribution < 1.29 is 9.84 Å². The Bertz CT molecular complexity index is 732. The lowest BCUT2D eigenvalue weighted by Gasteiger charge is -2.11. The van der Waals surface area contributed by atoms with Gasteiger partial charge in [0, 0.05) is 17.1 Å². The number of hydrogen-bond donors (Lipinski definition) is 1. The first kappa shape index (κ1) is 11.5. The van der Waals surface area contributed by atoms with Crippen LogP contribution in [0.3, 0.4) is 0 Å². The number of aromatic hydroxyl groups is 1. The number of aromatic nitrogens is 1. The van der Waals surface area contributed by atoms with Gasteiger partial charge < -0.3 is 9.84 Å². The molecular weight excluding hydrogens is 238 g/mol. The molecule has 0 bridgehead atoms. The predicted molar refractivity (Wildman–Crippen MR) is 74.7 cm³/mol. The Labute approximate surface area is 111 Å². The predicted octanol–water partition coefficient (Wildman–Crippen LogP) is 4.04. The minimum absolute atomic E-state index is 0.232. The van der Waals surface area contributed by atoms with Crippen LogP contribution in [0.4, 0.5) is 0 Å². The van der Waals surface area contributed by atoms with Gasteiger partial charge in [-0.15, -0.1) is 0 Å². The summed E-state index contributed by atoms with van der Waals surface area (Å²) >= 11 is 0. The Morgan fingerprint density at radius 2 is 1.79 bits per heavy atom. The first-order valence-corrected chi connectivity index (χ1v) is 6.06. The van der Waals surface area contributed by atoms with Crippen LogP contribution < -0.4 is 4.74 Å². The van der Waals surface area contributed by atoms with E-state index in [4.69, 9.17) is 4.74 Å². The van der Waals surface area contributed by atoms with Crippen molar-refractivity contribution in [1.29, 1.82) is 0 Å². The number of ether oxygens (including phenoxy) is 1. The van der Waals surface area contributed by atoms with E-state index in [0.29, 0.717) is 5.75 Å². The van der Waals surface area contributed by atoms with E-state index >= 15 is 0 Å². The number of benzene rings is 2. The number of fused-ring (bicyclic) bond motifs is 1. The molecule has 3 rings (SSSR count). The number of rotatable bonds is 2. The van der Waals surface area contributed by atoms with Gasteiger partial charge in [0.25, 0.3) is 0 Å². The van der Waals surface area contributed by atoms with E-state index in [1.807, 2.05) is 43.3 Å². The fraction of sp³-hybridized carbons (Fsp3) is 0.0625. The van der Waals surface area contributed by atoms with E-state index < -0.39 is 0 Å². The minimum atomic E-state index is 0.232. The van der Waals surface area contributed by atoms with Gasteiger partial charge in [0.05, 0.1) is 5.52 Å². The summed E-state index contributed by atoms with van der Waals surface area (Å²) < 4.78 is 5.90. The summed E-state index contributed by atoms with van der Waals surface area (Å²) in [6.07, 6.45) is 1.72. The van der Waals surface area contributed by atoms with Crippen molar-refractivity contribution >= 4 is 10.9 Å². The van der Waals surface area contributed by atoms with Gasteiger partial charge in [-0.2, -0.15) is 0 Å². The number of phenolic OH excluding ortho intramolecular Hbond substituents is 1. The summed E-state index contributed by atoms with van der Waals surface area (Å²) in [6.45, 7) is 1.83. The van der Waals surface area contributed by atoms with Crippen molar-refractivity contribution in [3.63, 3.8) is 0 Å². The molecule has 94 valence electrons. The van der Waals surface area contributed by atoms with E-state index in [-0.39, 0.29) is 5.75 Å². The maximum atomic E-state index is 9.70. The zero-order valence-electron chi connectivity index (χ0n) is 10.5. The van der Waals surface area contributed by atoms with Crippen molar-refractivity contribution in [3.8, 4) is 17.2 Å². The van der Waals surface area contributed by atoms with Gasteiger partial charge in [-0.1, -0.05) is 18.2 Å². The SMILES string of the molecule is Cc1c(O)cccc1Oc1ccnc2ccccc12. The van der Waals surface area contributed by atoms with Crippen molar-refractivity contribution in [2.45, 2.75) is 6.92 Å². The van der Waals surface area contributed by atoms with Crippen molar-refractivity contribution in [3.05, 3.63) is 60.3 Å². The highest BCUT2D eigenvalue weighted by Crippen LogP contribution is 2.33. The molecule has 0 spiro atoms. The van der Waals surface area contributed by atoms with Gasteiger partial charge >= 0.3 is 0 Å². The molecule has 3 heteroatoms. The van der Waals surface area contributed by atoms with E-state index in [9.17, 15) is 5.11 Å². The van der Waals surface area contributed by atoms with E-state index in [1.165, 1.54) is 0 Å². The van der Waals surface area contributed by atoms with Gasteiger partial charge in [-0.05, 0) is 37.3 Å². The summed E-state index contributed by atoms with van der Waals surface area (Å²) in [5, 5.41) is 10.7. The Morgan fingerprint density at radius 1 is 0.947 bits per heavy atom.